The van der Waals surface area contributed by atoms with Gasteiger partial charge in [0.15, 0.2) is 0 Å². The van der Waals surface area contributed by atoms with Crippen molar-refractivity contribution in [3.63, 3.8) is 0 Å². The summed E-state index contributed by atoms with van der Waals surface area (Å²) < 4.78 is 0. The van der Waals surface area contributed by atoms with Gasteiger partial charge in [-0.25, -0.2) is 0 Å². The van der Waals surface area contributed by atoms with Crippen molar-refractivity contribution >= 4 is 20.0 Å². The van der Waals surface area contributed by atoms with Gasteiger partial charge in [-0.1, -0.05) is 33.9 Å². The molecule has 1 fully saturated rings. The molecule has 5 nitrogen and oxygen atoms in total. The average molecular weight is 301 g/mol. The van der Waals surface area contributed by atoms with Crippen LogP contribution in [0.4, 0.5) is 0 Å². The molecule has 3 atom stereocenters. The number of aliphatic hydroxyl groups is 1. The van der Waals surface area contributed by atoms with Gasteiger partial charge in [0.1, 0.15) is 0 Å². The first-order valence-electron chi connectivity index (χ1n) is 6.97. The Morgan fingerprint density at radius 1 is 1.25 bits per heavy atom. The van der Waals surface area contributed by atoms with Crippen LogP contribution in [0, 0.1) is 5.92 Å². The number of nitrogens with one attached hydrogen (secondary N) is 1. The van der Waals surface area contributed by atoms with Crippen molar-refractivity contribution in [1.29, 1.82) is 0 Å². The first kappa shape index (κ1) is 17.2. The monoisotopic (exact) mass is 301 g/mol. The summed E-state index contributed by atoms with van der Waals surface area (Å²) in [7, 11) is -2.21. The molecular formula is C14H27NO4Si. The number of aliphatic carboxylic acids is 1. The number of carbonyl (C=O) groups is 2. The molecule has 0 radical (unpaired) electrons. The molecule has 1 saturated heterocycles. The third kappa shape index (κ3) is 2.76. The van der Waals surface area contributed by atoms with E-state index in [0.29, 0.717) is 0 Å². The van der Waals surface area contributed by atoms with Gasteiger partial charge in [-0.05, 0) is 18.9 Å². The van der Waals surface area contributed by atoms with Crippen LogP contribution in [0.2, 0.25) is 23.7 Å². The minimum Gasteiger partial charge on any atom is -0.481 e. The Balaban J connectivity index is 3.18. The number of hydrogen-bond acceptors (Lipinski definition) is 3. The van der Waals surface area contributed by atoms with Crippen LogP contribution in [0.5, 0.6) is 0 Å². The van der Waals surface area contributed by atoms with Gasteiger partial charge in [0.2, 0.25) is 5.91 Å². The number of rotatable bonds is 4. The van der Waals surface area contributed by atoms with Crippen molar-refractivity contribution in [2.75, 3.05) is 0 Å². The second-order valence-electron chi connectivity index (χ2n) is 7.95. The summed E-state index contributed by atoms with van der Waals surface area (Å²) in [6, 6.07) is -0.485. The van der Waals surface area contributed by atoms with Crippen LogP contribution in [0.1, 0.15) is 34.6 Å². The third-order valence-corrected chi connectivity index (χ3v) is 11.1. The van der Waals surface area contributed by atoms with Crippen LogP contribution in [-0.4, -0.2) is 41.8 Å². The van der Waals surface area contributed by atoms with Gasteiger partial charge in [0, 0.05) is 0 Å². The lowest BCUT2D eigenvalue weighted by atomic mass is 9.76. The molecule has 0 aliphatic carbocycles. The molecule has 3 N–H and O–H groups in total. The van der Waals surface area contributed by atoms with Crippen molar-refractivity contribution in [2.24, 2.45) is 5.92 Å². The number of amides is 1. The number of carboxylic acids is 1. The molecule has 116 valence electrons. The molecule has 1 unspecified atom stereocenters. The smallest absolute Gasteiger partial charge is 0.305 e. The lowest BCUT2D eigenvalue weighted by Gasteiger charge is -2.52. The second-order valence-corrected chi connectivity index (χ2v) is 13.5. The first-order valence-corrected chi connectivity index (χ1v) is 10.0. The van der Waals surface area contributed by atoms with Crippen LogP contribution in [0.15, 0.2) is 0 Å². The lowest BCUT2D eigenvalue weighted by Crippen LogP contribution is -2.71. The van der Waals surface area contributed by atoms with E-state index in [9.17, 15) is 19.8 Å². The molecule has 1 aliphatic heterocycles. The van der Waals surface area contributed by atoms with Crippen molar-refractivity contribution in [3.8, 4) is 0 Å². The van der Waals surface area contributed by atoms with Crippen LogP contribution in [0.25, 0.3) is 0 Å². The van der Waals surface area contributed by atoms with Gasteiger partial charge in [0.05, 0.1) is 31.2 Å². The second kappa shape index (κ2) is 4.84. The van der Waals surface area contributed by atoms with E-state index in [1.54, 1.807) is 13.8 Å². The minimum absolute atomic E-state index is 0.111. The molecule has 0 aromatic carbocycles. The van der Waals surface area contributed by atoms with Gasteiger partial charge in [-0.2, -0.15) is 0 Å². The molecule has 1 aliphatic rings. The lowest BCUT2D eigenvalue weighted by molar-refractivity contribution is -0.152. The van der Waals surface area contributed by atoms with E-state index in [0.717, 1.165) is 0 Å². The molecule has 0 aromatic heterocycles. The Morgan fingerprint density at radius 2 is 1.70 bits per heavy atom. The summed E-state index contributed by atoms with van der Waals surface area (Å²) in [6.45, 7) is 13.4. The summed E-state index contributed by atoms with van der Waals surface area (Å²) in [6.07, 6.45) is 0. The Labute approximate surface area is 121 Å². The Morgan fingerprint density at radius 3 is 1.95 bits per heavy atom. The maximum Gasteiger partial charge on any atom is 0.305 e. The van der Waals surface area contributed by atoms with E-state index in [4.69, 9.17) is 0 Å². The van der Waals surface area contributed by atoms with E-state index in [2.05, 4.69) is 26.1 Å². The minimum atomic E-state index is -2.21. The van der Waals surface area contributed by atoms with E-state index in [-0.39, 0.29) is 10.9 Å². The van der Waals surface area contributed by atoms with Gasteiger partial charge >= 0.3 is 5.97 Å². The standard InChI is InChI=1S/C14H27NO4Si/c1-13(2,3)20(6,7)10(12(17)18)9-8(11(16)15-9)14(4,5)19/h8-10,19H,1-7H3,(H,15,16)(H,17,18)/t8-,9+,10?/m1/s1. The van der Waals surface area contributed by atoms with Crippen molar-refractivity contribution in [2.45, 2.75) is 69.9 Å². The Kier molecular flexibility index (Phi) is 4.15. The third-order valence-electron chi connectivity index (χ3n) is 5.05. The van der Waals surface area contributed by atoms with E-state index in [1.807, 2.05) is 13.1 Å². The van der Waals surface area contributed by atoms with E-state index >= 15 is 0 Å². The van der Waals surface area contributed by atoms with Gasteiger partial charge in [0.25, 0.3) is 0 Å². The van der Waals surface area contributed by atoms with Crippen LogP contribution >= 0.6 is 0 Å². The predicted octanol–water partition coefficient (Wildman–Crippen LogP) is 1.84. The van der Waals surface area contributed by atoms with Crippen molar-refractivity contribution in [3.05, 3.63) is 0 Å². The fraction of sp³-hybridized carbons (Fsp3) is 0.857. The quantitative estimate of drug-likeness (QED) is 0.546. The normalized spacial score (nSPS) is 25.7. The molecule has 6 heteroatoms. The Hall–Kier alpha value is -0.883. The number of carbonyl (C=O) groups excluding carboxylic acids is 1. The zero-order valence-electron chi connectivity index (χ0n) is 13.4. The Bertz CT molecular complexity index is 420. The maximum atomic E-state index is 11.8. The van der Waals surface area contributed by atoms with Crippen molar-refractivity contribution < 1.29 is 19.8 Å². The number of carboxylic acid groups (broad SMARTS) is 1. The molecule has 0 saturated carbocycles. The maximum absolute atomic E-state index is 11.8. The van der Waals surface area contributed by atoms with Crippen LogP contribution in [0.3, 0.4) is 0 Å². The molecule has 0 aromatic rings. The fourth-order valence-electron chi connectivity index (χ4n) is 2.82. The van der Waals surface area contributed by atoms with Crippen molar-refractivity contribution in [1.82, 2.24) is 5.32 Å². The SMILES string of the molecule is CC(C)(O)[C@H]1C(=O)N[C@@H]1C(C(=O)O)[Si](C)(C)C(C)(C)C. The highest BCUT2D eigenvalue weighted by Crippen LogP contribution is 2.48. The topological polar surface area (TPSA) is 86.6 Å². The average Bonchev–Trinajstić information content (AvgIpc) is 2.10. The highest BCUT2D eigenvalue weighted by atomic mass is 28.3. The molecule has 20 heavy (non-hydrogen) atoms. The van der Waals surface area contributed by atoms with E-state index in [1.165, 1.54) is 0 Å². The van der Waals surface area contributed by atoms with Crippen LogP contribution < -0.4 is 5.32 Å². The molecule has 1 rings (SSSR count). The predicted molar refractivity (Wildman–Crippen MR) is 80.3 cm³/mol. The molecule has 1 heterocycles. The highest BCUT2D eigenvalue weighted by molar-refractivity contribution is 6.84. The highest BCUT2D eigenvalue weighted by Gasteiger charge is 2.59. The molecule has 1 amide bonds. The van der Waals surface area contributed by atoms with Gasteiger partial charge in [-0.15, -0.1) is 0 Å². The first-order chi connectivity index (χ1) is 8.71. The largest absolute Gasteiger partial charge is 0.481 e. The summed E-state index contributed by atoms with van der Waals surface area (Å²) >= 11 is 0. The molecular weight excluding hydrogens is 274 g/mol. The summed E-state index contributed by atoms with van der Waals surface area (Å²) in [5, 5.41) is 22.4. The van der Waals surface area contributed by atoms with E-state index < -0.39 is 37.1 Å². The van der Waals surface area contributed by atoms with Gasteiger partial charge in [-0.3, -0.25) is 9.59 Å². The number of β-lactam (4-membered cyclic amide) rings is 1. The van der Waals surface area contributed by atoms with Crippen LogP contribution in [-0.2, 0) is 9.59 Å². The zero-order valence-corrected chi connectivity index (χ0v) is 14.4. The molecule has 0 spiro atoms. The molecule has 0 bridgehead atoms. The van der Waals surface area contributed by atoms with Gasteiger partial charge < -0.3 is 15.5 Å². The summed E-state index contributed by atoms with van der Waals surface area (Å²) in [5.41, 5.74) is -1.82. The fourth-order valence-corrected chi connectivity index (χ4v) is 5.54. The zero-order chi connectivity index (χ0) is 16.1. The summed E-state index contributed by atoms with van der Waals surface area (Å²) in [5.74, 6) is -1.79. The summed E-state index contributed by atoms with van der Waals surface area (Å²) in [4.78, 5) is 23.6. The number of hydrogen-bond donors (Lipinski definition) is 3.